The van der Waals surface area contributed by atoms with Gasteiger partial charge in [0, 0.05) is 8.95 Å². The highest BCUT2D eigenvalue weighted by molar-refractivity contribution is 9.10. The third-order valence-electron chi connectivity index (χ3n) is 2.52. The smallest absolute Gasteiger partial charge is 0.0889 e. The van der Waals surface area contributed by atoms with Gasteiger partial charge in [-0.1, -0.05) is 38.8 Å². The van der Waals surface area contributed by atoms with Gasteiger partial charge in [-0.15, -0.1) is 0 Å². The summed E-state index contributed by atoms with van der Waals surface area (Å²) in [5, 5.41) is 8.55. The third kappa shape index (κ3) is 3.50. The quantitative estimate of drug-likeness (QED) is 0.578. The van der Waals surface area contributed by atoms with Crippen molar-refractivity contribution in [2.24, 2.45) is 10.2 Å². The van der Waals surface area contributed by atoms with Crippen LogP contribution in [0.1, 0.15) is 12.5 Å². The second-order valence-electron chi connectivity index (χ2n) is 3.80. The van der Waals surface area contributed by atoms with Crippen molar-refractivity contribution in [3.63, 3.8) is 0 Å². The molecule has 2 aromatic rings. The minimum atomic E-state index is 0.850. The molecule has 0 amide bonds. The lowest BCUT2D eigenvalue weighted by Gasteiger charge is -2.02. The summed E-state index contributed by atoms with van der Waals surface area (Å²) >= 11 is 6.86. The van der Waals surface area contributed by atoms with E-state index in [0.29, 0.717) is 0 Å². The van der Waals surface area contributed by atoms with E-state index in [1.54, 1.807) is 0 Å². The third-order valence-corrected chi connectivity index (χ3v) is 3.54. The summed E-state index contributed by atoms with van der Waals surface area (Å²) in [6.45, 7) is 2.11. The molecule has 0 aliphatic rings. The van der Waals surface area contributed by atoms with Crippen molar-refractivity contribution in [3.05, 3.63) is 57.0 Å². The number of rotatable bonds is 3. The molecule has 0 saturated heterocycles. The van der Waals surface area contributed by atoms with Crippen LogP contribution in [0.4, 0.5) is 11.4 Å². The van der Waals surface area contributed by atoms with Crippen LogP contribution in [-0.4, -0.2) is 0 Å². The predicted molar refractivity (Wildman–Crippen MR) is 81.8 cm³/mol. The van der Waals surface area contributed by atoms with Crippen molar-refractivity contribution >= 4 is 43.2 Å². The molecule has 0 unspecified atom stereocenters. The molecule has 0 saturated carbocycles. The van der Waals surface area contributed by atoms with Gasteiger partial charge in [0.15, 0.2) is 0 Å². The largest absolute Gasteiger partial charge is 0.151 e. The number of halogens is 2. The van der Waals surface area contributed by atoms with Gasteiger partial charge in [0.25, 0.3) is 0 Å². The van der Waals surface area contributed by atoms with E-state index in [4.69, 9.17) is 0 Å². The summed E-state index contributed by atoms with van der Waals surface area (Å²) in [4.78, 5) is 0. The fraction of sp³-hybridized carbons (Fsp3) is 0.143. The molecule has 4 heteroatoms. The molecule has 2 rings (SSSR count). The molecule has 0 radical (unpaired) electrons. The zero-order valence-corrected chi connectivity index (χ0v) is 13.1. The highest BCUT2D eigenvalue weighted by atomic mass is 79.9. The number of azo groups is 1. The van der Waals surface area contributed by atoms with Gasteiger partial charge in [0.05, 0.1) is 11.4 Å². The van der Waals surface area contributed by atoms with E-state index in [-0.39, 0.29) is 0 Å². The fourth-order valence-corrected chi connectivity index (χ4v) is 2.23. The van der Waals surface area contributed by atoms with Crippen molar-refractivity contribution in [1.29, 1.82) is 0 Å². The van der Waals surface area contributed by atoms with E-state index >= 15 is 0 Å². The van der Waals surface area contributed by atoms with Gasteiger partial charge in [0.1, 0.15) is 0 Å². The molecule has 0 aliphatic carbocycles. The molecule has 0 N–H and O–H groups in total. The average molecular weight is 368 g/mol. The lowest BCUT2D eigenvalue weighted by molar-refractivity contribution is 1.10. The molecule has 0 aromatic heterocycles. The standard InChI is InChI=1S/C14H12Br2N2/c1-2-10-9-12(16)5-8-14(10)18-17-13-6-3-11(15)4-7-13/h3-9H,2H2,1H3. The molecule has 0 fully saturated rings. The Balaban J connectivity index is 2.25. The first-order valence-electron chi connectivity index (χ1n) is 5.65. The van der Waals surface area contributed by atoms with Gasteiger partial charge in [-0.2, -0.15) is 10.2 Å². The van der Waals surface area contributed by atoms with E-state index in [1.807, 2.05) is 36.4 Å². The van der Waals surface area contributed by atoms with Crippen molar-refractivity contribution in [3.8, 4) is 0 Å². The van der Waals surface area contributed by atoms with Crippen LogP contribution >= 0.6 is 31.9 Å². The second-order valence-corrected chi connectivity index (χ2v) is 5.63. The number of nitrogens with zero attached hydrogens (tertiary/aromatic N) is 2. The molecule has 2 nitrogen and oxygen atoms in total. The summed E-state index contributed by atoms with van der Waals surface area (Å²) in [5.41, 5.74) is 2.96. The lowest BCUT2D eigenvalue weighted by Crippen LogP contribution is -1.80. The van der Waals surface area contributed by atoms with Crippen LogP contribution in [-0.2, 0) is 6.42 Å². The van der Waals surface area contributed by atoms with Gasteiger partial charge in [-0.3, -0.25) is 0 Å². The van der Waals surface area contributed by atoms with Gasteiger partial charge in [0.2, 0.25) is 0 Å². The minimum Gasteiger partial charge on any atom is -0.151 e. The first kappa shape index (κ1) is 13.4. The highest BCUT2D eigenvalue weighted by Gasteiger charge is 2.00. The van der Waals surface area contributed by atoms with E-state index in [9.17, 15) is 0 Å². The Morgan fingerprint density at radius 1 is 0.889 bits per heavy atom. The molecular formula is C14H12Br2N2. The summed E-state index contributed by atoms with van der Waals surface area (Å²) in [7, 11) is 0. The Bertz CT molecular complexity index is 563. The molecule has 0 spiro atoms. The lowest BCUT2D eigenvalue weighted by atomic mass is 10.1. The topological polar surface area (TPSA) is 24.7 Å². The summed E-state index contributed by atoms with van der Waals surface area (Å²) in [6.07, 6.45) is 0.939. The Hall–Kier alpha value is -1.000. The van der Waals surface area contributed by atoms with Crippen molar-refractivity contribution in [1.82, 2.24) is 0 Å². The van der Waals surface area contributed by atoms with Crippen molar-refractivity contribution < 1.29 is 0 Å². The van der Waals surface area contributed by atoms with Gasteiger partial charge in [-0.25, -0.2) is 0 Å². The molecule has 0 atom stereocenters. The first-order valence-corrected chi connectivity index (χ1v) is 7.23. The molecule has 18 heavy (non-hydrogen) atoms. The molecular weight excluding hydrogens is 356 g/mol. The van der Waals surface area contributed by atoms with E-state index in [0.717, 1.165) is 26.7 Å². The minimum absolute atomic E-state index is 0.850. The zero-order valence-electron chi connectivity index (χ0n) is 9.90. The maximum absolute atomic E-state index is 4.31. The monoisotopic (exact) mass is 366 g/mol. The van der Waals surface area contributed by atoms with Gasteiger partial charge < -0.3 is 0 Å². The predicted octanol–water partition coefficient (Wildman–Crippen LogP) is 6.19. The molecule has 92 valence electrons. The summed E-state index contributed by atoms with van der Waals surface area (Å²) < 4.78 is 2.11. The Labute approximate surface area is 123 Å². The van der Waals surface area contributed by atoms with Crippen LogP contribution in [0.5, 0.6) is 0 Å². The first-order chi connectivity index (χ1) is 8.69. The van der Waals surface area contributed by atoms with E-state index in [1.165, 1.54) is 5.56 Å². The average Bonchev–Trinajstić information content (AvgIpc) is 2.39. The van der Waals surface area contributed by atoms with Crippen LogP contribution in [0.2, 0.25) is 0 Å². The number of benzene rings is 2. The second kappa shape index (κ2) is 6.25. The van der Waals surface area contributed by atoms with Gasteiger partial charge >= 0.3 is 0 Å². The number of hydrogen-bond donors (Lipinski definition) is 0. The van der Waals surface area contributed by atoms with E-state index in [2.05, 4.69) is 55.1 Å². The normalized spacial score (nSPS) is 11.1. The highest BCUT2D eigenvalue weighted by Crippen LogP contribution is 2.26. The maximum atomic E-state index is 4.31. The number of hydrogen-bond acceptors (Lipinski definition) is 2. The van der Waals surface area contributed by atoms with Crippen LogP contribution < -0.4 is 0 Å². The Morgan fingerprint density at radius 3 is 2.22 bits per heavy atom. The van der Waals surface area contributed by atoms with Crippen LogP contribution in [0, 0.1) is 0 Å². The fourth-order valence-electron chi connectivity index (χ4n) is 1.55. The Kier molecular flexibility index (Phi) is 4.66. The molecule has 2 aromatic carbocycles. The number of aryl methyl sites for hydroxylation is 1. The summed E-state index contributed by atoms with van der Waals surface area (Å²) in [5.74, 6) is 0. The van der Waals surface area contributed by atoms with Crippen LogP contribution in [0.3, 0.4) is 0 Å². The molecule has 0 bridgehead atoms. The van der Waals surface area contributed by atoms with Crippen molar-refractivity contribution in [2.45, 2.75) is 13.3 Å². The SMILES string of the molecule is CCc1cc(Br)ccc1N=Nc1ccc(Br)cc1. The van der Waals surface area contributed by atoms with Crippen LogP contribution in [0.15, 0.2) is 61.6 Å². The van der Waals surface area contributed by atoms with Crippen molar-refractivity contribution in [2.75, 3.05) is 0 Å². The van der Waals surface area contributed by atoms with Crippen LogP contribution in [0.25, 0.3) is 0 Å². The van der Waals surface area contributed by atoms with Gasteiger partial charge in [-0.05, 0) is 54.4 Å². The molecule has 0 heterocycles. The maximum Gasteiger partial charge on any atom is 0.0889 e. The Morgan fingerprint density at radius 2 is 1.56 bits per heavy atom. The zero-order chi connectivity index (χ0) is 13.0. The van der Waals surface area contributed by atoms with E-state index < -0.39 is 0 Å². The molecule has 0 aliphatic heterocycles. The summed E-state index contributed by atoms with van der Waals surface area (Å²) in [6, 6.07) is 13.8.